The summed E-state index contributed by atoms with van der Waals surface area (Å²) < 4.78 is 44.0. The number of hydrogen-bond donors (Lipinski definition) is 0. The quantitative estimate of drug-likeness (QED) is 0.411. The van der Waals surface area contributed by atoms with E-state index < -0.39 is 29.2 Å². The molecule has 0 atom stereocenters. The molecule has 0 saturated carbocycles. The van der Waals surface area contributed by atoms with Gasteiger partial charge in [-0.3, -0.25) is 4.79 Å². The van der Waals surface area contributed by atoms with Crippen molar-refractivity contribution < 1.29 is 22.7 Å². The summed E-state index contributed by atoms with van der Waals surface area (Å²) in [6.07, 6.45) is 0. The van der Waals surface area contributed by atoms with Crippen molar-refractivity contribution in [2.24, 2.45) is 0 Å². The van der Waals surface area contributed by atoms with Gasteiger partial charge in [-0.25, -0.2) is 8.78 Å². The first-order valence-electron chi connectivity index (χ1n) is 4.18. The Labute approximate surface area is 84.7 Å². The molecule has 0 aliphatic carbocycles. The van der Waals surface area contributed by atoms with Crippen LogP contribution >= 0.6 is 0 Å². The van der Waals surface area contributed by atoms with E-state index in [0.717, 1.165) is 6.92 Å². The summed E-state index contributed by atoms with van der Waals surface area (Å²) in [6, 6.07) is 0. The highest BCUT2D eigenvalue weighted by molar-refractivity contribution is 5.69. The van der Waals surface area contributed by atoms with Crippen LogP contribution in [0.1, 0.15) is 18.1 Å². The molecule has 0 saturated heterocycles. The smallest absolute Gasteiger partial charge is 0.308 e. The average Bonchev–Trinajstić information content (AvgIpc) is 2.18. The number of ether oxygens (including phenoxy) is 1. The molecule has 0 fully saturated rings. The fourth-order valence-corrected chi connectivity index (χ4v) is 1.09. The van der Waals surface area contributed by atoms with Crippen molar-refractivity contribution in [3.63, 3.8) is 0 Å². The van der Waals surface area contributed by atoms with Crippen LogP contribution in [0.2, 0.25) is 0 Å². The van der Waals surface area contributed by atoms with Gasteiger partial charge in [-0.2, -0.15) is 4.39 Å². The zero-order chi connectivity index (χ0) is 11.7. The van der Waals surface area contributed by atoms with Gasteiger partial charge in [-0.15, -0.1) is 0 Å². The molecule has 1 aromatic carbocycles. The summed E-state index contributed by atoms with van der Waals surface area (Å²) in [5, 5.41) is 0. The number of halogens is 3. The van der Waals surface area contributed by atoms with E-state index in [1.807, 2.05) is 0 Å². The molecule has 0 aromatic heterocycles. The van der Waals surface area contributed by atoms with Crippen LogP contribution in [0.15, 0.2) is 0 Å². The Hall–Kier alpha value is -1.52. The SMILES string of the molecule is CC(=O)Oc1c(F)c(C)c(C)c(F)c1F. The lowest BCUT2D eigenvalue weighted by Crippen LogP contribution is -2.09. The van der Waals surface area contributed by atoms with E-state index in [1.165, 1.54) is 13.8 Å². The first-order valence-corrected chi connectivity index (χ1v) is 4.18. The maximum atomic E-state index is 13.4. The van der Waals surface area contributed by atoms with Gasteiger partial charge in [0.05, 0.1) is 0 Å². The second-order valence-electron chi connectivity index (χ2n) is 3.11. The highest BCUT2D eigenvalue weighted by Gasteiger charge is 2.22. The Kier molecular flexibility index (Phi) is 3.02. The van der Waals surface area contributed by atoms with Crippen molar-refractivity contribution in [2.75, 3.05) is 0 Å². The molecule has 0 amide bonds. The maximum Gasteiger partial charge on any atom is 0.308 e. The predicted molar refractivity (Wildman–Crippen MR) is 47.1 cm³/mol. The molecule has 0 heterocycles. The van der Waals surface area contributed by atoms with Gasteiger partial charge in [-0.1, -0.05) is 0 Å². The van der Waals surface area contributed by atoms with Gasteiger partial charge < -0.3 is 4.74 Å². The summed E-state index contributed by atoms with van der Waals surface area (Å²) >= 11 is 0. The van der Waals surface area contributed by atoms with Crippen molar-refractivity contribution in [1.82, 2.24) is 0 Å². The summed E-state index contributed by atoms with van der Waals surface area (Å²) in [5.41, 5.74) is -0.217. The molecule has 0 bridgehead atoms. The third-order valence-electron chi connectivity index (χ3n) is 2.06. The molecule has 0 aliphatic heterocycles. The van der Waals surface area contributed by atoms with Crippen molar-refractivity contribution in [1.29, 1.82) is 0 Å². The minimum atomic E-state index is -1.48. The first kappa shape index (κ1) is 11.6. The molecule has 1 aromatic rings. The molecule has 2 nitrogen and oxygen atoms in total. The van der Waals surface area contributed by atoms with Crippen molar-refractivity contribution in [3.8, 4) is 5.75 Å². The molecule has 0 radical (unpaired) electrons. The van der Waals surface area contributed by atoms with Gasteiger partial charge in [0.2, 0.25) is 11.6 Å². The minimum absolute atomic E-state index is 0.0786. The zero-order valence-corrected chi connectivity index (χ0v) is 8.45. The summed E-state index contributed by atoms with van der Waals surface area (Å²) in [4.78, 5) is 10.5. The van der Waals surface area contributed by atoms with Crippen LogP contribution in [-0.4, -0.2) is 5.97 Å². The summed E-state index contributed by atoms with van der Waals surface area (Å²) in [6.45, 7) is 3.50. The van der Waals surface area contributed by atoms with Crippen molar-refractivity contribution in [3.05, 3.63) is 28.6 Å². The molecular formula is C10H9F3O2. The molecule has 15 heavy (non-hydrogen) atoms. The minimum Gasteiger partial charge on any atom is -0.420 e. The van der Waals surface area contributed by atoms with Crippen LogP contribution < -0.4 is 4.74 Å². The van der Waals surface area contributed by atoms with E-state index in [4.69, 9.17) is 0 Å². The van der Waals surface area contributed by atoms with Gasteiger partial charge in [0.1, 0.15) is 0 Å². The lowest BCUT2D eigenvalue weighted by atomic mass is 10.1. The van der Waals surface area contributed by atoms with E-state index in [2.05, 4.69) is 4.74 Å². The number of hydrogen-bond acceptors (Lipinski definition) is 2. The third-order valence-corrected chi connectivity index (χ3v) is 2.06. The monoisotopic (exact) mass is 218 g/mol. The lowest BCUT2D eigenvalue weighted by molar-refractivity contribution is -0.132. The van der Waals surface area contributed by atoms with Crippen LogP contribution in [0.3, 0.4) is 0 Å². The largest absolute Gasteiger partial charge is 0.420 e. The predicted octanol–water partition coefficient (Wildman–Crippen LogP) is 2.65. The molecule has 0 N–H and O–H groups in total. The van der Waals surface area contributed by atoms with Crippen LogP contribution in [0.5, 0.6) is 5.75 Å². The fourth-order valence-electron chi connectivity index (χ4n) is 1.09. The Bertz CT molecular complexity index is 398. The van der Waals surface area contributed by atoms with E-state index >= 15 is 0 Å². The molecule has 5 heteroatoms. The highest BCUT2D eigenvalue weighted by atomic mass is 19.2. The Morgan fingerprint density at radius 1 is 1.00 bits per heavy atom. The number of rotatable bonds is 1. The van der Waals surface area contributed by atoms with Crippen molar-refractivity contribution >= 4 is 5.97 Å². The first-order chi connectivity index (χ1) is 6.86. The maximum absolute atomic E-state index is 13.4. The Balaban J connectivity index is 3.45. The number of carbonyl (C=O) groups is 1. The third kappa shape index (κ3) is 1.95. The second-order valence-corrected chi connectivity index (χ2v) is 3.11. The van der Waals surface area contributed by atoms with E-state index in [1.54, 1.807) is 0 Å². The Morgan fingerprint density at radius 2 is 1.47 bits per heavy atom. The van der Waals surface area contributed by atoms with E-state index in [0.29, 0.717) is 0 Å². The standard InChI is InChI=1S/C10H9F3O2/c1-4-5(2)8(12)10(15-6(3)14)9(13)7(4)11/h1-3H3. The molecular weight excluding hydrogens is 209 g/mol. The Morgan fingerprint density at radius 3 is 1.93 bits per heavy atom. The van der Waals surface area contributed by atoms with Crippen LogP contribution in [0.25, 0.3) is 0 Å². The molecule has 82 valence electrons. The average molecular weight is 218 g/mol. The number of benzene rings is 1. The number of esters is 1. The highest BCUT2D eigenvalue weighted by Crippen LogP contribution is 2.29. The normalized spacial score (nSPS) is 10.3. The van der Waals surface area contributed by atoms with Gasteiger partial charge in [0, 0.05) is 6.92 Å². The molecule has 0 spiro atoms. The van der Waals surface area contributed by atoms with E-state index in [9.17, 15) is 18.0 Å². The summed E-state index contributed by atoms with van der Waals surface area (Å²) in [5.74, 6) is -5.63. The molecule has 0 aliphatic rings. The molecule has 1 rings (SSSR count). The van der Waals surface area contributed by atoms with E-state index in [-0.39, 0.29) is 11.1 Å². The van der Waals surface area contributed by atoms with Gasteiger partial charge in [-0.05, 0) is 25.0 Å². The van der Waals surface area contributed by atoms with Crippen LogP contribution in [0, 0.1) is 31.3 Å². The molecule has 0 unspecified atom stereocenters. The van der Waals surface area contributed by atoms with Gasteiger partial charge in [0.25, 0.3) is 0 Å². The second kappa shape index (κ2) is 3.92. The zero-order valence-electron chi connectivity index (χ0n) is 8.45. The lowest BCUT2D eigenvalue weighted by Gasteiger charge is -2.10. The van der Waals surface area contributed by atoms with Crippen LogP contribution in [-0.2, 0) is 4.79 Å². The summed E-state index contributed by atoms with van der Waals surface area (Å²) in [7, 11) is 0. The fraction of sp³-hybridized carbons (Fsp3) is 0.300. The van der Waals surface area contributed by atoms with Gasteiger partial charge in [0.15, 0.2) is 11.6 Å². The van der Waals surface area contributed by atoms with Gasteiger partial charge >= 0.3 is 5.97 Å². The number of carbonyl (C=O) groups excluding carboxylic acids is 1. The topological polar surface area (TPSA) is 26.3 Å². The van der Waals surface area contributed by atoms with Crippen molar-refractivity contribution in [2.45, 2.75) is 20.8 Å². The van der Waals surface area contributed by atoms with Crippen LogP contribution in [0.4, 0.5) is 13.2 Å².